The van der Waals surface area contributed by atoms with E-state index in [0.29, 0.717) is 16.5 Å². The predicted octanol–water partition coefficient (Wildman–Crippen LogP) is 1.98. The second kappa shape index (κ2) is 5.21. The molecule has 18 heavy (non-hydrogen) atoms. The molecule has 0 aliphatic carbocycles. The largest absolute Gasteiger partial charge is 0.435 e. The lowest BCUT2D eigenvalue weighted by atomic mass is 10.2. The van der Waals surface area contributed by atoms with Crippen molar-refractivity contribution in [2.45, 2.75) is 11.8 Å². The Morgan fingerprint density at radius 1 is 1.28 bits per heavy atom. The zero-order valence-corrected chi connectivity index (χ0v) is 10.2. The van der Waals surface area contributed by atoms with E-state index >= 15 is 0 Å². The van der Waals surface area contributed by atoms with Crippen LogP contribution in [0.4, 0.5) is 8.78 Å². The standard InChI is InChI=1S/C10H10F2N4OS/c1-18-10-15-14-8(16(10)13)6-2-4-7(5-3-6)17-9(11)12/h2-5,9H,13H2,1H3. The number of aromatic nitrogens is 3. The number of benzene rings is 1. The van der Waals surface area contributed by atoms with Crippen molar-refractivity contribution < 1.29 is 13.5 Å². The summed E-state index contributed by atoms with van der Waals surface area (Å²) in [6, 6.07) is 6.04. The smallest absolute Gasteiger partial charge is 0.387 e. The Morgan fingerprint density at radius 3 is 2.44 bits per heavy atom. The number of hydrogen-bond donors (Lipinski definition) is 1. The molecule has 1 aromatic heterocycles. The van der Waals surface area contributed by atoms with Crippen LogP contribution in [0.25, 0.3) is 11.4 Å². The Bertz CT molecular complexity index is 529. The zero-order chi connectivity index (χ0) is 13.1. The van der Waals surface area contributed by atoms with E-state index in [1.165, 1.54) is 28.6 Å². The first-order chi connectivity index (χ1) is 8.61. The van der Waals surface area contributed by atoms with Crippen LogP contribution in [0.1, 0.15) is 0 Å². The van der Waals surface area contributed by atoms with Gasteiger partial charge in [0.25, 0.3) is 0 Å². The van der Waals surface area contributed by atoms with Gasteiger partial charge in [0, 0.05) is 5.56 Å². The van der Waals surface area contributed by atoms with Crippen LogP contribution < -0.4 is 10.6 Å². The number of halogens is 2. The number of nitrogens with two attached hydrogens (primary N) is 1. The maximum atomic E-state index is 12.0. The van der Waals surface area contributed by atoms with Crippen molar-refractivity contribution in [3.63, 3.8) is 0 Å². The summed E-state index contributed by atoms with van der Waals surface area (Å²) >= 11 is 1.36. The maximum absolute atomic E-state index is 12.0. The van der Waals surface area contributed by atoms with Crippen molar-refractivity contribution in [1.29, 1.82) is 0 Å². The molecule has 0 saturated heterocycles. The van der Waals surface area contributed by atoms with Gasteiger partial charge in [-0.3, -0.25) is 0 Å². The SMILES string of the molecule is CSc1nnc(-c2ccc(OC(F)F)cc2)n1N. The van der Waals surface area contributed by atoms with E-state index in [1.54, 1.807) is 12.1 Å². The Balaban J connectivity index is 2.26. The fourth-order valence-corrected chi connectivity index (χ4v) is 1.80. The zero-order valence-electron chi connectivity index (χ0n) is 9.38. The summed E-state index contributed by atoms with van der Waals surface area (Å²) in [5, 5.41) is 8.37. The first-order valence-corrected chi connectivity index (χ1v) is 6.14. The molecule has 2 N–H and O–H groups in total. The van der Waals surface area contributed by atoms with Gasteiger partial charge in [-0.15, -0.1) is 10.2 Å². The first-order valence-electron chi connectivity index (χ1n) is 4.91. The van der Waals surface area contributed by atoms with Gasteiger partial charge in [0.2, 0.25) is 5.16 Å². The van der Waals surface area contributed by atoms with Gasteiger partial charge in [-0.05, 0) is 30.5 Å². The molecule has 1 aromatic carbocycles. The van der Waals surface area contributed by atoms with Crippen molar-refractivity contribution in [2.75, 3.05) is 12.1 Å². The summed E-state index contributed by atoms with van der Waals surface area (Å²) in [5.74, 6) is 6.33. The second-order valence-corrected chi connectivity index (χ2v) is 4.06. The normalized spacial score (nSPS) is 10.9. The molecule has 0 bridgehead atoms. The maximum Gasteiger partial charge on any atom is 0.387 e. The molecule has 1 heterocycles. The van der Waals surface area contributed by atoms with Gasteiger partial charge in [-0.25, -0.2) is 4.68 Å². The molecule has 2 aromatic rings. The minimum Gasteiger partial charge on any atom is -0.435 e. The molecule has 2 rings (SSSR count). The Hall–Kier alpha value is -1.83. The highest BCUT2D eigenvalue weighted by Crippen LogP contribution is 2.23. The highest BCUT2D eigenvalue weighted by molar-refractivity contribution is 7.98. The van der Waals surface area contributed by atoms with Gasteiger partial charge in [-0.1, -0.05) is 11.8 Å². The molecular formula is C10H10F2N4OS. The number of alkyl halides is 2. The third kappa shape index (κ3) is 2.53. The van der Waals surface area contributed by atoms with Crippen LogP contribution in [0, 0.1) is 0 Å². The van der Waals surface area contributed by atoms with Gasteiger partial charge >= 0.3 is 6.61 Å². The lowest BCUT2D eigenvalue weighted by Gasteiger charge is -2.05. The number of nitrogen functional groups attached to an aromatic ring is 1. The molecule has 0 amide bonds. The number of nitrogens with zero attached hydrogens (tertiary/aromatic N) is 3. The summed E-state index contributed by atoms with van der Waals surface area (Å²) in [6.45, 7) is -2.84. The third-order valence-corrected chi connectivity index (χ3v) is 2.83. The molecule has 96 valence electrons. The molecule has 0 spiro atoms. The van der Waals surface area contributed by atoms with E-state index in [1.807, 2.05) is 6.26 Å². The Morgan fingerprint density at radius 2 is 1.94 bits per heavy atom. The van der Waals surface area contributed by atoms with Crippen molar-refractivity contribution in [3.05, 3.63) is 24.3 Å². The number of thioether (sulfide) groups is 1. The molecule has 5 nitrogen and oxygen atoms in total. The van der Waals surface area contributed by atoms with Crippen LogP contribution in [0.3, 0.4) is 0 Å². The van der Waals surface area contributed by atoms with Crippen LogP contribution in [-0.4, -0.2) is 27.7 Å². The monoisotopic (exact) mass is 272 g/mol. The summed E-state index contributed by atoms with van der Waals surface area (Å²) in [7, 11) is 0. The molecular weight excluding hydrogens is 262 g/mol. The lowest BCUT2D eigenvalue weighted by molar-refractivity contribution is -0.0498. The molecule has 0 unspecified atom stereocenters. The molecule has 0 fully saturated rings. The third-order valence-electron chi connectivity index (χ3n) is 2.18. The molecule has 0 radical (unpaired) electrons. The highest BCUT2D eigenvalue weighted by atomic mass is 32.2. The molecule has 0 atom stereocenters. The van der Waals surface area contributed by atoms with Gasteiger partial charge < -0.3 is 10.6 Å². The van der Waals surface area contributed by atoms with E-state index in [4.69, 9.17) is 5.84 Å². The molecule has 0 saturated carbocycles. The van der Waals surface area contributed by atoms with Gasteiger partial charge in [0.15, 0.2) is 5.82 Å². The van der Waals surface area contributed by atoms with Crippen LogP contribution >= 0.6 is 11.8 Å². The lowest BCUT2D eigenvalue weighted by Crippen LogP contribution is -2.11. The summed E-state index contributed by atoms with van der Waals surface area (Å²) in [4.78, 5) is 0. The first kappa shape index (κ1) is 12.6. The molecule has 0 aliphatic rings. The van der Waals surface area contributed by atoms with E-state index in [0.717, 1.165) is 0 Å². The molecule has 8 heteroatoms. The quantitative estimate of drug-likeness (QED) is 0.681. The topological polar surface area (TPSA) is 66.0 Å². The van der Waals surface area contributed by atoms with Crippen molar-refractivity contribution in [3.8, 4) is 17.1 Å². The van der Waals surface area contributed by atoms with Crippen LogP contribution in [0.2, 0.25) is 0 Å². The molecule has 0 aliphatic heterocycles. The van der Waals surface area contributed by atoms with Crippen LogP contribution in [0.5, 0.6) is 5.75 Å². The fraction of sp³-hybridized carbons (Fsp3) is 0.200. The van der Waals surface area contributed by atoms with E-state index < -0.39 is 6.61 Å². The predicted molar refractivity (Wildman–Crippen MR) is 64.0 cm³/mol. The van der Waals surface area contributed by atoms with Crippen molar-refractivity contribution in [2.24, 2.45) is 0 Å². The minimum absolute atomic E-state index is 0.0851. The average Bonchev–Trinajstić information content (AvgIpc) is 2.71. The Labute approximate surface area is 106 Å². The van der Waals surface area contributed by atoms with E-state index in [9.17, 15) is 8.78 Å². The minimum atomic E-state index is -2.84. The van der Waals surface area contributed by atoms with Crippen molar-refractivity contribution in [1.82, 2.24) is 14.9 Å². The van der Waals surface area contributed by atoms with Crippen LogP contribution in [-0.2, 0) is 0 Å². The second-order valence-electron chi connectivity index (χ2n) is 3.28. The highest BCUT2D eigenvalue weighted by Gasteiger charge is 2.11. The van der Waals surface area contributed by atoms with Crippen LogP contribution in [0.15, 0.2) is 29.4 Å². The summed E-state index contributed by atoms with van der Waals surface area (Å²) in [5.41, 5.74) is 0.673. The van der Waals surface area contributed by atoms with E-state index in [-0.39, 0.29) is 5.75 Å². The Kier molecular flexibility index (Phi) is 3.66. The summed E-state index contributed by atoms with van der Waals surface area (Å²) in [6.07, 6.45) is 1.83. The average molecular weight is 272 g/mol. The van der Waals surface area contributed by atoms with Crippen molar-refractivity contribution >= 4 is 11.8 Å². The van der Waals surface area contributed by atoms with Gasteiger partial charge in [-0.2, -0.15) is 8.78 Å². The number of ether oxygens (including phenoxy) is 1. The summed E-state index contributed by atoms with van der Waals surface area (Å²) < 4.78 is 29.6. The number of rotatable bonds is 4. The van der Waals surface area contributed by atoms with Gasteiger partial charge in [0.1, 0.15) is 5.75 Å². The van der Waals surface area contributed by atoms with Gasteiger partial charge in [0.05, 0.1) is 0 Å². The number of hydrogen-bond acceptors (Lipinski definition) is 5. The van der Waals surface area contributed by atoms with E-state index in [2.05, 4.69) is 14.9 Å². The fourth-order valence-electron chi connectivity index (χ4n) is 1.40.